The zero-order valence-electron chi connectivity index (χ0n) is 12.5. The van der Waals surface area contributed by atoms with Gasteiger partial charge in [0.2, 0.25) is 0 Å². The van der Waals surface area contributed by atoms with Crippen LogP contribution in [0.5, 0.6) is 11.5 Å². The van der Waals surface area contributed by atoms with Crippen molar-refractivity contribution >= 4 is 12.1 Å². The van der Waals surface area contributed by atoms with Crippen molar-refractivity contribution in [3.63, 3.8) is 0 Å². The molecular formula is C17H19N5O. The molecule has 0 bridgehead atoms. The molecule has 1 aliphatic rings. The van der Waals surface area contributed by atoms with Crippen LogP contribution in [0, 0.1) is 5.92 Å². The number of nitrogens with zero attached hydrogens (tertiary/aromatic N) is 2. The van der Waals surface area contributed by atoms with Crippen LogP contribution in [0.2, 0.25) is 0 Å². The molecular weight excluding hydrogens is 290 g/mol. The Hall–Kier alpha value is -2.86. The summed E-state index contributed by atoms with van der Waals surface area (Å²) in [5, 5.41) is 3.90. The Balaban J connectivity index is 1.74. The summed E-state index contributed by atoms with van der Waals surface area (Å²) in [6.07, 6.45) is 1.27. The lowest BCUT2D eigenvalue weighted by Gasteiger charge is -2.08. The van der Waals surface area contributed by atoms with Crippen LogP contribution in [-0.4, -0.2) is 24.1 Å². The number of rotatable bonds is 5. The third-order valence-corrected chi connectivity index (χ3v) is 3.88. The Morgan fingerprint density at radius 3 is 2.26 bits per heavy atom. The molecule has 0 saturated heterocycles. The van der Waals surface area contributed by atoms with Crippen molar-refractivity contribution in [1.29, 1.82) is 0 Å². The van der Waals surface area contributed by atoms with Gasteiger partial charge < -0.3 is 22.0 Å². The van der Waals surface area contributed by atoms with Gasteiger partial charge in [-0.05, 0) is 42.0 Å². The van der Waals surface area contributed by atoms with Gasteiger partial charge in [-0.2, -0.15) is 5.10 Å². The minimum Gasteiger partial charge on any atom is -0.457 e. The minimum absolute atomic E-state index is 0.000640. The van der Waals surface area contributed by atoms with Crippen molar-refractivity contribution in [1.82, 2.24) is 0 Å². The number of para-hydroxylation sites is 1. The summed E-state index contributed by atoms with van der Waals surface area (Å²) in [7, 11) is 0. The number of ether oxygens (including phenoxy) is 1. The molecule has 0 aliphatic heterocycles. The summed E-state index contributed by atoms with van der Waals surface area (Å²) in [5.74, 6) is 7.08. The van der Waals surface area contributed by atoms with Gasteiger partial charge in [-0.15, -0.1) is 0 Å². The van der Waals surface area contributed by atoms with E-state index in [4.69, 9.17) is 22.0 Å². The van der Waals surface area contributed by atoms with Crippen molar-refractivity contribution in [2.75, 3.05) is 0 Å². The van der Waals surface area contributed by atoms with Crippen LogP contribution in [-0.2, 0) is 0 Å². The molecule has 0 radical (unpaired) electrons. The molecule has 2 aromatic carbocycles. The molecule has 1 saturated carbocycles. The predicted octanol–water partition coefficient (Wildman–Crippen LogP) is 1.45. The standard InChI is InChI=1S/C17H19N5O/c18-10-21-17-14(15(17)19)16(22-20)11-6-8-13(9-7-11)23-12-4-2-1-3-5-12/h1-10,14-15,17H,19-20H2,(H2,18,21)/b22-16-. The summed E-state index contributed by atoms with van der Waals surface area (Å²) >= 11 is 0. The maximum absolute atomic E-state index is 6.01. The third-order valence-electron chi connectivity index (χ3n) is 3.88. The number of benzene rings is 2. The van der Waals surface area contributed by atoms with Crippen molar-refractivity contribution in [2.45, 2.75) is 12.1 Å². The molecule has 0 heterocycles. The van der Waals surface area contributed by atoms with Crippen LogP contribution in [0.25, 0.3) is 0 Å². The topological polar surface area (TPSA) is 112 Å². The Morgan fingerprint density at radius 1 is 1.00 bits per heavy atom. The van der Waals surface area contributed by atoms with E-state index in [1.54, 1.807) is 0 Å². The lowest BCUT2D eigenvalue weighted by atomic mass is 10.1. The quantitative estimate of drug-likeness (QED) is 0.336. The number of hydrazone groups is 1. The first-order valence-electron chi connectivity index (χ1n) is 7.34. The van der Waals surface area contributed by atoms with Gasteiger partial charge in [0, 0.05) is 12.0 Å². The summed E-state index contributed by atoms with van der Waals surface area (Å²) in [6.45, 7) is 0. The highest BCUT2D eigenvalue weighted by molar-refractivity contribution is 6.05. The number of hydrogen-bond donors (Lipinski definition) is 3. The number of nitrogens with two attached hydrogens (primary N) is 3. The molecule has 6 heteroatoms. The Labute approximate surface area is 134 Å². The summed E-state index contributed by atoms with van der Waals surface area (Å²) < 4.78 is 5.77. The average molecular weight is 309 g/mol. The van der Waals surface area contributed by atoms with E-state index in [2.05, 4.69) is 10.1 Å². The predicted molar refractivity (Wildman–Crippen MR) is 91.6 cm³/mol. The van der Waals surface area contributed by atoms with Gasteiger partial charge in [-0.3, -0.25) is 4.99 Å². The first-order valence-corrected chi connectivity index (χ1v) is 7.34. The highest BCUT2D eigenvalue weighted by Gasteiger charge is 2.51. The van der Waals surface area contributed by atoms with Gasteiger partial charge in [0.15, 0.2) is 0 Å². The molecule has 1 fully saturated rings. The molecule has 0 amide bonds. The summed E-state index contributed by atoms with van der Waals surface area (Å²) in [4.78, 5) is 4.13. The van der Waals surface area contributed by atoms with E-state index >= 15 is 0 Å². The second-order valence-corrected chi connectivity index (χ2v) is 5.35. The van der Waals surface area contributed by atoms with Gasteiger partial charge >= 0.3 is 0 Å². The van der Waals surface area contributed by atoms with E-state index in [1.807, 2.05) is 54.6 Å². The largest absolute Gasteiger partial charge is 0.457 e. The lowest BCUT2D eigenvalue weighted by Crippen LogP contribution is -2.13. The third kappa shape index (κ3) is 3.17. The van der Waals surface area contributed by atoms with Crippen LogP contribution >= 0.6 is 0 Å². The highest BCUT2D eigenvalue weighted by atomic mass is 16.5. The molecule has 2 aromatic rings. The molecule has 3 unspecified atom stereocenters. The average Bonchev–Trinajstić information content (AvgIpc) is 3.20. The van der Waals surface area contributed by atoms with Gasteiger partial charge in [-0.1, -0.05) is 18.2 Å². The van der Waals surface area contributed by atoms with E-state index in [-0.39, 0.29) is 18.0 Å². The maximum Gasteiger partial charge on any atom is 0.127 e. The van der Waals surface area contributed by atoms with E-state index in [0.29, 0.717) is 0 Å². The van der Waals surface area contributed by atoms with Crippen LogP contribution in [0.3, 0.4) is 0 Å². The first-order chi connectivity index (χ1) is 11.2. The molecule has 3 atom stereocenters. The Kier molecular flexibility index (Phi) is 4.25. The second-order valence-electron chi connectivity index (χ2n) is 5.35. The van der Waals surface area contributed by atoms with E-state index < -0.39 is 0 Å². The van der Waals surface area contributed by atoms with Gasteiger partial charge in [-0.25, -0.2) is 0 Å². The van der Waals surface area contributed by atoms with Crippen molar-refractivity contribution in [3.05, 3.63) is 60.2 Å². The zero-order valence-corrected chi connectivity index (χ0v) is 12.5. The van der Waals surface area contributed by atoms with E-state index in [1.165, 1.54) is 6.34 Å². The first kappa shape index (κ1) is 15.1. The maximum atomic E-state index is 6.01. The van der Waals surface area contributed by atoms with Crippen LogP contribution < -0.4 is 22.0 Å². The summed E-state index contributed by atoms with van der Waals surface area (Å²) in [6, 6.07) is 17.0. The Bertz CT molecular complexity index is 712. The van der Waals surface area contributed by atoms with Crippen molar-refractivity contribution in [2.24, 2.45) is 33.3 Å². The molecule has 0 spiro atoms. The Morgan fingerprint density at radius 2 is 1.65 bits per heavy atom. The van der Waals surface area contributed by atoms with Gasteiger partial charge in [0.25, 0.3) is 0 Å². The van der Waals surface area contributed by atoms with E-state index in [0.717, 1.165) is 22.8 Å². The number of aliphatic imine (C=N–C) groups is 1. The van der Waals surface area contributed by atoms with Gasteiger partial charge in [0.1, 0.15) is 11.5 Å². The fourth-order valence-corrected chi connectivity index (χ4v) is 2.62. The molecule has 1 aliphatic carbocycles. The minimum atomic E-state index is -0.0997. The fraction of sp³-hybridized carbons (Fsp3) is 0.176. The highest BCUT2D eigenvalue weighted by Crippen LogP contribution is 2.36. The summed E-state index contributed by atoms with van der Waals surface area (Å²) in [5.41, 5.74) is 13.0. The van der Waals surface area contributed by atoms with E-state index in [9.17, 15) is 0 Å². The molecule has 6 N–H and O–H groups in total. The number of hydrogen-bond acceptors (Lipinski definition) is 5. The van der Waals surface area contributed by atoms with Crippen molar-refractivity contribution < 1.29 is 4.74 Å². The lowest BCUT2D eigenvalue weighted by molar-refractivity contribution is 0.482. The van der Waals surface area contributed by atoms with Gasteiger partial charge in [0.05, 0.1) is 18.1 Å². The van der Waals surface area contributed by atoms with Crippen LogP contribution in [0.1, 0.15) is 5.56 Å². The SMILES string of the molecule is NC=NC1C(N)C1/C(=N\N)c1ccc(Oc2ccccc2)cc1. The molecule has 0 aromatic heterocycles. The monoisotopic (exact) mass is 309 g/mol. The smallest absolute Gasteiger partial charge is 0.127 e. The van der Waals surface area contributed by atoms with Crippen LogP contribution in [0.4, 0.5) is 0 Å². The molecule has 118 valence electrons. The molecule has 6 nitrogen and oxygen atoms in total. The fourth-order valence-electron chi connectivity index (χ4n) is 2.62. The molecule has 3 rings (SSSR count). The molecule has 23 heavy (non-hydrogen) atoms. The van der Waals surface area contributed by atoms with Crippen molar-refractivity contribution in [3.8, 4) is 11.5 Å². The second kappa shape index (κ2) is 6.50. The zero-order chi connectivity index (χ0) is 16.2. The normalized spacial score (nSPS) is 23.9. The van der Waals surface area contributed by atoms with Crippen LogP contribution in [0.15, 0.2) is 64.7 Å².